The van der Waals surface area contributed by atoms with E-state index in [0.717, 1.165) is 11.1 Å². The highest BCUT2D eigenvalue weighted by Crippen LogP contribution is 2.10. The number of rotatable bonds is 6. The maximum Gasteiger partial charge on any atom is 0.338 e. The Bertz CT molecular complexity index is 1100. The molecule has 0 radical (unpaired) electrons. The third kappa shape index (κ3) is 5.11. The molecule has 0 N–H and O–H groups in total. The molecule has 2 heterocycles. The summed E-state index contributed by atoms with van der Waals surface area (Å²) in [6, 6.07) is 12.5. The second kappa shape index (κ2) is 9.04. The summed E-state index contributed by atoms with van der Waals surface area (Å²) in [4.78, 5) is 47.3. The Hall–Kier alpha value is -3.94. The van der Waals surface area contributed by atoms with Gasteiger partial charge in [0.15, 0.2) is 0 Å². The average Bonchev–Trinajstić information content (AvgIpc) is 2.74. The minimum atomic E-state index is -0.584. The molecule has 1 aromatic carbocycles. The van der Waals surface area contributed by atoms with Crippen molar-refractivity contribution in [1.29, 1.82) is 0 Å². The molecule has 30 heavy (non-hydrogen) atoms. The van der Waals surface area contributed by atoms with E-state index in [1.54, 1.807) is 38.4 Å². The zero-order valence-corrected chi connectivity index (χ0v) is 16.5. The normalized spacial score (nSPS) is 10.5. The second-order valence-electron chi connectivity index (χ2n) is 6.70. The van der Waals surface area contributed by atoms with Gasteiger partial charge in [0, 0.05) is 38.6 Å². The zero-order chi connectivity index (χ0) is 21.7. The maximum absolute atomic E-state index is 12.1. The number of aromatic nitrogens is 2. The lowest BCUT2D eigenvalue weighted by molar-refractivity contribution is 0.0460. The smallest absolute Gasteiger partial charge is 0.338 e. The molecule has 3 aromatic rings. The molecule has 8 heteroatoms. The number of ether oxygens (including phenoxy) is 2. The summed E-state index contributed by atoms with van der Waals surface area (Å²) in [7, 11) is 3.19. The lowest BCUT2D eigenvalue weighted by atomic mass is 10.1. The highest BCUT2D eigenvalue weighted by Gasteiger charge is 2.10. The van der Waals surface area contributed by atoms with Gasteiger partial charge < -0.3 is 18.6 Å². The standard InChI is InChI=1S/C22H20N2O6/c1-23-9-7-17(11-19(23)25)21(27)29-13-15-3-5-16(6-4-15)14-30-22(28)18-8-10-24(2)20(26)12-18/h3-12H,13-14H2,1-2H3. The van der Waals surface area contributed by atoms with E-state index in [1.807, 2.05) is 0 Å². The number of benzene rings is 1. The van der Waals surface area contributed by atoms with Gasteiger partial charge in [0.2, 0.25) is 0 Å². The predicted molar refractivity (Wildman–Crippen MR) is 108 cm³/mol. The van der Waals surface area contributed by atoms with E-state index in [0.29, 0.717) is 0 Å². The largest absolute Gasteiger partial charge is 0.457 e. The number of nitrogens with zero attached hydrogens (tertiary/aromatic N) is 2. The average molecular weight is 408 g/mol. The van der Waals surface area contributed by atoms with Gasteiger partial charge in [-0.05, 0) is 23.3 Å². The fourth-order valence-electron chi connectivity index (χ4n) is 2.55. The molecule has 0 unspecified atom stereocenters. The van der Waals surface area contributed by atoms with Crippen molar-refractivity contribution in [1.82, 2.24) is 9.13 Å². The Kier molecular flexibility index (Phi) is 6.26. The van der Waals surface area contributed by atoms with Gasteiger partial charge in [-0.3, -0.25) is 9.59 Å². The van der Waals surface area contributed by atoms with Gasteiger partial charge in [0.05, 0.1) is 11.1 Å². The molecular formula is C22H20N2O6. The molecule has 8 nitrogen and oxygen atoms in total. The molecule has 0 bridgehead atoms. The Labute approximate surface area is 171 Å². The lowest BCUT2D eigenvalue weighted by Crippen LogP contribution is -2.17. The van der Waals surface area contributed by atoms with Crippen LogP contribution in [0.1, 0.15) is 31.8 Å². The van der Waals surface area contributed by atoms with Crippen LogP contribution >= 0.6 is 0 Å². The second-order valence-corrected chi connectivity index (χ2v) is 6.70. The summed E-state index contributed by atoms with van der Waals surface area (Å²) in [5.74, 6) is -1.17. The minimum absolute atomic E-state index is 0.0431. The zero-order valence-electron chi connectivity index (χ0n) is 16.5. The molecule has 2 aromatic heterocycles. The number of carbonyl (C=O) groups excluding carboxylic acids is 2. The molecular weight excluding hydrogens is 388 g/mol. The minimum Gasteiger partial charge on any atom is -0.457 e. The quantitative estimate of drug-likeness (QED) is 0.577. The number of carbonyl (C=O) groups is 2. The van der Waals surface area contributed by atoms with Crippen molar-refractivity contribution < 1.29 is 19.1 Å². The summed E-state index contributed by atoms with van der Waals surface area (Å²) in [5, 5.41) is 0. The SMILES string of the molecule is Cn1ccc(C(=O)OCc2ccc(COC(=O)c3ccn(C)c(=O)c3)cc2)cc1=O. The van der Waals surface area contributed by atoms with E-state index >= 15 is 0 Å². The first-order chi connectivity index (χ1) is 14.3. The topological polar surface area (TPSA) is 96.6 Å². The first-order valence-corrected chi connectivity index (χ1v) is 9.09. The molecule has 0 aliphatic rings. The number of esters is 2. The number of pyridine rings is 2. The third-order valence-corrected chi connectivity index (χ3v) is 4.44. The fraction of sp³-hybridized carbons (Fsp3) is 0.182. The van der Waals surface area contributed by atoms with Gasteiger partial charge in [0.25, 0.3) is 11.1 Å². The molecule has 3 rings (SSSR count). The van der Waals surface area contributed by atoms with Crippen LogP contribution in [0.4, 0.5) is 0 Å². The predicted octanol–water partition coefficient (Wildman–Crippen LogP) is 1.80. The number of hydrogen-bond donors (Lipinski definition) is 0. The molecule has 0 aliphatic heterocycles. The van der Waals surface area contributed by atoms with Gasteiger partial charge >= 0.3 is 11.9 Å². The van der Waals surface area contributed by atoms with E-state index in [9.17, 15) is 19.2 Å². The lowest BCUT2D eigenvalue weighted by Gasteiger charge is -2.08. The third-order valence-electron chi connectivity index (χ3n) is 4.44. The van der Waals surface area contributed by atoms with Crippen LogP contribution in [0.25, 0.3) is 0 Å². The molecule has 0 amide bonds. The van der Waals surface area contributed by atoms with Crippen molar-refractivity contribution in [3.8, 4) is 0 Å². The van der Waals surface area contributed by atoms with Gasteiger partial charge in [-0.25, -0.2) is 9.59 Å². The molecule has 0 atom stereocenters. The molecule has 0 saturated carbocycles. The molecule has 0 spiro atoms. The molecule has 0 saturated heterocycles. The highest BCUT2D eigenvalue weighted by atomic mass is 16.5. The highest BCUT2D eigenvalue weighted by molar-refractivity contribution is 5.89. The Morgan fingerprint density at radius 1 is 0.700 bits per heavy atom. The van der Waals surface area contributed by atoms with E-state index in [1.165, 1.54) is 45.8 Å². The maximum atomic E-state index is 12.1. The van der Waals surface area contributed by atoms with E-state index in [-0.39, 0.29) is 35.5 Å². The van der Waals surface area contributed by atoms with Crippen molar-refractivity contribution in [3.63, 3.8) is 0 Å². The summed E-state index contributed by atoms with van der Waals surface area (Å²) in [5.41, 5.74) is 1.29. The van der Waals surface area contributed by atoms with Crippen molar-refractivity contribution in [2.24, 2.45) is 14.1 Å². The number of hydrogen-bond acceptors (Lipinski definition) is 6. The van der Waals surface area contributed by atoms with Crippen LogP contribution in [0, 0.1) is 0 Å². The van der Waals surface area contributed by atoms with Gasteiger partial charge in [0.1, 0.15) is 13.2 Å². The molecule has 0 aliphatic carbocycles. The Balaban J connectivity index is 1.53. The first-order valence-electron chi connectivity index (χ1n) is 9.09. The van der Waals surface area contributed by atoms with Crippen LogP contribution in [0.2, 0.25) is 0 Å². The monoisotopic (exact) mass is 408 g/mol. The van der Waals surface area contributed by atoms with Gasteiger partial charge in [-0.1, -0.05) is 24.3 Å². The van der Waals surface area contributed by atoms with Gasteiger partial charge in [-0.15, -0.1) is 0 Å². The van der Waals surface area contributed by atoms with Gasteiger partial charge in [-0.2, -0.15) is 0 Å². The summed E-state index contributed by atoms with van der Waals surface area (Å²) in [6.45, 7) is 0.0862. The summed E-state index contributed by atoms with van der Waals surface area (Å²) >= 11 is 0. The molecule has 154 valence electrons. The molecule has 0 fully saturated rings. The Morgan fingerprint density at radius 2 is 1.07 bits per heavy atom. The fourth-order valence-corrected chi connectivity index (χ4v) is 2.55. The summed E-state index contributed by atoms with van der Waals surface area (Å²) in [6.07, 6.45) is 3.00. The van der Waals surface area contributed by atoms with E-state index < -0.39 is 11.9 Å². The van der Waals surface area contributed by atoms with Crippen LogP contribution in [0.3, 0.4) is 0 Å². The summed E-state index contributed by atoms with van der Waals surface area (Å²) < 4.78 is 13.2. The van der Waals surface area contributed by atoms with Crippen LogP contribution in [0.5, 0.6) is 0 Å². The van der Waals surface area contributed by atoms with Crippen molar-refractivity contribution >= 4 is 11.9 Å². The van der Waals surface area contributed by atoms with Crippen molar-refractivity contribution in [2.75, 3.05) is 0 Å². The van der Waals surface area contributed by atoms with Crippen molar-refractivity contribution in [3.05, 3.63) is 104 Å². The van der Waals surface area contributed by atoms with Crippen LogP contribution in [-0.4, -0.2) is 21.1 Å². The van der Waals surface area contributed by atoms with Crippen molar-refractivity contribution in [2.45, 2.75) is 13.2 Å². The van der Waals surface area contributed by atoms with E-state index in [4.69, 9.17) is 9.47 Å². The first kappa shape index (κ1) is 20.8. The number of aryl methyl sites for hydroxylation is 2. The van der Waals surface area contributed by atoms with Crippen LogP contribution in [-0.2, 0) is 36.8 Å². The van der Waals surface area contributed by atoms with E-state index in [2.05, 4.69) is 0 Å². The Morgan fingerprint density at radius 3 is 1.40 bits per heavy atom. The van der Waals surface area contributed by atoms with Crippen LogP contribution < -0.4 is 11.1 Å². The van der Waals surface area contributed by atoms with Crippen LogP contribution in [0.15, 0.2) is 70.5 Å².